The molecule has 0 saturated carbocycles. The van der Waals surface area contributed by atoms with E-state index in [4.69, 9.17) is 0 Å². The van der Waals surface area contributed by atoms with E-state index in [1.807, 2.05) is 23.9 Å². The van der Waals surface area contributed by atoms with Crippen LogP contribution in [-0.4, -0.2) is 5.11 Å². The zero-order valence-electron chi connectivity index (χ0n) is 12.1. The smallest absolute Gasteiger partial charge is 0.208 e. The molecule has 0 radical (unpaired) electrons. The largest absolute Gasteiger partial charge is 0.503 e. The number of aromatic hydroxyl groups is 1. The first-order chi connectivity index (χ1) is 10.7. The molecule has 1 N–H and O–H groups in total. The highest BCUT2D eigenvalue weighted by atomic mass is 32.2. The SMILES string of the molecule is Cc1ccc(O)c([S+]2c3ccccc3Sc3ccccc32)c1. The second-order valence-electron chi connectivity index (χ2n) is 5.27. The van der Waals surface area contributed by atoms with Crippen molar-refractivity contribution in [1.29, 1.82) is 0 Å². The lowest BCUT2D eigenvalue weighted by molar-refractivity contribution is 0.461. The summed E-state index contributed by atoms with van der Waals surface area (Å²) in [6, 6.07) is 22.9. The first-order valence-corrected chi connectivity index (χ1v) is 9.18. The number of phenols is 1. The fourth-order valence-electron chi connectivity index (χ4n) is 2.66. The summed E-state index contributed by atoms with van der Waals surface area (Å²) in [5.41, 5.74) is 1.17. The van der Waals surface area contributed by atoms with E-state index in [0.717, 1.165) is 4.90 Å². The van der Waals surface area contributed by atoms with Gasteiger partial charge >= 0.3 is 0 Å². The van der Waals surface area contributed by atoms with Crippen LogP contribution in [0.25, 0.3) is 0 Å². The number of fused-ring (bicyclic) bond motifs is 2. The van der Waals surface area contributed by atoms with Crippen molar-refractivity contribution < 1.29 is 5.11 Å². The van der Waals surface area contributed by atoms with Crippen molar-refractivity contribution in [1.82, 2.24) is 0 Å². The van der Waals surface area contributed by atoms with Crippen LogP contribution < -0.4 is 0 Å². The third-order valence-electron chi connectivity index (χ3n) is 3.69. The van der Waals surface area contributed by atoms with Gasteiger partial charge in [0.05, 0.1) is 9.79 Å². The number of aryl methyl sites for hydroxylation is 1. The van der Waals surface area contributed by atoms with E-state index in [0.29, 0.717) is 5.75 Å². The minimum Gasteiger partial charge on any atom is -0.503 e. The van der Waals surface area contributed by atoms with Gasteiger partial charge in [0.2, 0.25) is 4.90 Å². The van der Waals surface area contributed by atoms with Crippen molar-refractivity contribution in [3.63, 3.8) is 0 Å². The lowest BCUT2D eigenvalue weighted by Gasteiger charge is -2.19. The molecule has 0 amide bonds. The Morgan fingerprint density at radius 2 is 1.36 bits per heavy atom. The van der Waals surface area contributed by atoms with Gasteiger partial charge in [0.15, 0.2) is 15.5 Å². The molecule has 1 heterocycles. The first kappa shape index (κ1) is 13.8. The predicted octanol–water partition coefficient (Wildman–Crippen LogP) is 5.26. The zero-order valence-corrected chi connectivity index (χ0v) is 13.7. The van der Waals surface area contributed by atoms with E-state index in [1.54, 1.807) is 0 Å². The number of hydrogen-bond acceptors (Lipinski definition) is 2. The van der Waals surface area contributed by atoms with Crippen molar-refractivity contribution in [2.75, 3.05) is 0 Å². The van der Waals surface area contributed by atoms with E-state index < -0.39 is 0 Å². The summed E-state index contributed by atoms with van der Waals surface area (Å²) in [7, 11) is -0.251. The Hall–Kier alpha value is -1.84. The van der Waals surface area contributed by atoms with E-state index in [1.165, 1.54) is 25.1 Å². The van der Waals surface area contributed by atoms with E-state index in [9.17, 15) is 5.11 Å². The van der Waals surface area contributed by atoms with Crippen LogP contribution in [-0.2, 0) is 10.9 Å². The number of rotatable bonds is 1. The van der Waals surface area contributed by atoms with Gasteiger partial charge in [-0.3, -0.25) is 0 Å². The molecule has 3 aromatic rings. The molecule has 0 aliphatic carbocycles. The standard InChI is InChI=1S/C19H14OS2/c1-13-10-11-14(20)19(12-13)22-17-8-4-2-6-15(17)21-16-7-3-5-9-18(16)22/h2-12H,1H3/p+1. The molecule has 1 aliphatic rings. The maximum atomic E-state index is 10.4. The average molecular weight is 323 g/mol. The first-order valence-electron chi connectivity index (χ1n) is 7.14. The number of hydrogen-bond donors (Lipinski definition) is 1. The molecule has 0 bridgehead atoms. The van der Waals surface area contributed by atoms with Crippen LogP contribution in [0.3, 0.4) is 0 Å². The molecule has 1 aliphatic heterocycles. The van der Waals surface area contributed by atoms with Gasteiger partial charge in [-0.1, -0.05) is 42.1 Å². The Morgan fingerprint density at radius 1 is 0.773 bits per heavy atom. The van der Waals surface area contributed by atoms with Crippen LogP contribution in [0.15, 0.2) is 91.2 Å². The van der Waals surface area contributed by atoms with Gasteiger partial charge in [-0.05, 0) is 42.8 Å². The molecule has 1 nitrogen and oxygen atoms in total. The van der Waals surface area contributed by atoms with Crippen LogP contribution in [0.2, 0.25) is 0 Å². The van der Waals surface area contributed by atoms with Crippen LogP contribution in [0, 0.1) is 6.92 Å². The normalized spacial score (nSPS) is 13.5. The quantitative estimate of drug-likeness (QED) is 0.482. The lowest BCUT2D eigenvalue weighted by Crippen LogP contribution is -2.11. The fourth-order valence-corrected chi connectivity index (χ4v) is 6.54. The molecular weight excluding hydrogens is 308 g/mol. The molecular formula is C19H15OS2+. The van der Waals surface area contributed by atoms with E-state index in [2.05, 4.69) is 61.5 Å². The Bertz CT molecular complexity index is 812. The van der Waals surface area contributed by atoms with E-state index >= 15 is 0 Å². The van der Waals surface area contributed by atoms with Crippen molar-refractivity contribution >= 4 is 22.7 Å². The molecule has 0 saturated heterocycles. The Balaban J connectivity index is 2.01. The summed E-state index contributed by atoms with van der Waals surface area (Å²) in [6.45, 7) is 2.07. The van der Waals surface area contributed by atoms with Gasteiger partial charge < -0.3 is 5.11 Å². The highest BCUT2D eigenvalue weighted by Crippen LogP contribution is 2.49. The van der Waals surface area contributed by atoms with Crippen molar-refractivity contribution in [2.24, 2.45) is 0 Å². The highest BCUT2D eigenvalue weighted by molar-refractivity contribution is 8.04. The van der Waals surface area contributed by atoms with Gasteiger partial charge in [0.1, 0.15) is 10.9 Å². The molecule has 3 heteroatoms. The second-order valence-corrected chi connectivity index (χ2v) is 8.29. The Labute approximate surface area is 137 Å². The van der Waals surface area contributed by atoms with Gasteiger partial charge in [-0.15, -0.1) is 0 Å². The zero-order chi connectivity index (χ0) is 15.1. The summed E-state index contributed by atoms with van der Waals surface area (Å²) in [5, 5.41) is 10.4. The van der Waals surface area contributed by atoms with Gasteiger partial charge in [0.25, 0.3) is 0 Å². The fraction of sp³-hybridized carbons (Fsp3) is 0.0526. The summed E-state index contributed by atoms with van der Waals surface area (Å²) >= 11 is 1.82. The van der Waals surface area contributed by atoms with Gasteiger partial charge in [-0.2, -0.15) is 0 Å². The van der Waals surface area contributed by atoms with Crippen LogP contribution >= 0.6 is 11.8 Å². The summed E-state index contributed by atoms with van der Waals surface area (Å²) in [5.74, 6) is 0.380. The van der Waals surface area contributed by atoms with Crippen LogP contribution in [0.4, 0.5) is 0 Å². The van der Waals surface area contributed by atoms with Crippen molar-refractivity contribution in [3.05, 3.63) is 72.3 Å². The summed E-state index contributed by atoms with van der Waals surface area (Å²) in [4.78, 5) is 6.18. The molecule has 0 aromatic heterocycles. The molecule has 0 atom stereocenters. The topological polar surface area (TPSA) is 20.2 Å². The third-order valence-corrected chi connectivity index (χ3v) is 7.46. The molecule has 4 rings (SSSR count). The molecule has 0 spiro atoms. The molecule has 22 heavy (non-hydrogen) atoms. The average Bonchev–Trinajstić information content (AvgIpc) is 2.55. The lowest BCUT2D eigenvalue weighted by atomic mass is 10.2. The Kier molecular flexibility index (Phi) is 3.40. The number of benzene rings is 3. The molecule has 3 aromatic carbocycles. The molecule has 108 valence electrons. The van der Waals surface area contributed by atoms with Crippen LogP contribution in [0.5, 0.6) is 5.75 Å². The maximum Gasteiger partial charge on any atom is 0.208 e. The van der Waals surface area contributed by atoms with Crippen LogP contribution in [0.1, 0.15) is 5.56 Å². The minimum atomic E-state index is -0.251. The number of phenolic OH excluding ortho intramolecular Hbond substituents is 1. The van der Waals surface area contributed by atoms with Gasteiger partial charge in [0, 0.05) is 6.07 Å². The second kappa shape index (κ2) is 5.41. The summed E-state index contributed by atoms with van der Waals surface area (Å²) < 4.78 is 0. The monoisotopic (exact) mass is 323 g/mol. The van der Waals surface area contributed by atoms with E-state index in [-0.39, 0.29) is 10.9 Å². The molecule has 0 unspecified atom stereocenters. The van der Waals surface area contributed by atoms with Crippen molar-refractivity contribution in [3.8, 4) is 5.75 Å². The molecule has 0 fully saturated rings. The third kappa shape index (κ3) is 2.21. The minimum absolute atomic E-state index is 0.251. The predicted molar refractivity (Wildman–Crippen MR) is 92.0 cm³/mol. The summed E-state index contributed by atoms with van der Waals surface area (Å²) in [6.07, 6.45) is 0. The van der Waals surface area contributed by atoms with Gasteiger partial charge in [-0.25, -0.2) is 0 Å². The Morgan fingerprint density at radius 3 is 2.00 bits per heavy atom. The van der Waals surface area contributed by atoms with Crippen molar-refractivity contribution in [2.45, 2.75) is 31.4 Å². The maximum absolute atomic E-state index is 10.4. The highest BCUT2D eigenvalue weighted by Gasteiger charge is 2.39.